The second-order valence-electron chi connectivity index (χ2n) is 7.41. The van der Waals surface area contributed by atoms with Crippen LogP contribution in [0.5, 0.6) is 0 Å². The molecule has 2 aromatic rings. The molecule has 1 aliphatic heterocycles. The monoisotopic (exact) mass is 507 g/mol. The van der Waals surface area contributed by atoms with Gasteiger partial charge in [0.05, 0.1) is 26.1 Å². The number of nitro benzene ring substituents is 1. The van der Waals surface area contributed by atoms with Crippen molar-refractivity contribution in [2.75, 3.05) is 25.0 Å². The summed E-state index contributed by atoms with van der Waals surface area (Å²) in [6.07, 6.45) is 4.73. The molecule has 1 fully saturated rings. The zero-order chi connectivity index (χ0) is 24.7. The van der Waals surface area contributed by atoms with Gasteiger partial charge in [-0.3, -0.25) is 14.9 Å². The molecule has 1 saturated heterocycles. The van der Waals surface area contributed by atoms with E-state index in [9.17, 15) is 28.1 Å². The normalized spacial score (nSPS) is 14.6. The molecule has 0 saturated carbocycles. The minimum absolute atomic E-state index is 0.00140. The molecule has 0 unspecified atom stereocenters. The van der Waals surface area contributed by atoms with Crippen LogP contribution >= 0.6 is 11.6 Å². The minimum Gasteiger partial charge on any atom is -0.452 e. The van der Waals surface area contributed by atoms with Gasteiger partial charge in [-0.25, -0.2) is 13.2 Å². The Balaban J connectivity index is 1.61. The zero-order valence-corrected chi connectivity index (χ0v) is 19.5. The second kappa shape index (κ2) is 11.2. The number of benzene rings is 2. The van der Waals surface area contributed by atoms with Gasteiger partial charge >= 0.3 is 5.97 Å². The Morgan fingerprint density at radius 1 is 1.15 bits per heavy atom. The number of amides is 1. The van der Waals surface area contributed by atoms with Gasteiger partial charge in [-0.1, -0.05) is 30.2 Å². The van der Waals surface area contributed by atoms with E-state index in [2.05, 4.69) is 5.32 Å². The number of carbonyl (C=O) groups is 2. The van der Waals surface area contributed by atoms with E-state index in [0.29, 0.717) is 13.1 Å². The third-order valence-electron chi connectivity index (χ3n) is 5.04. The zero-order valence-electron chi connectivity index (χ0n) is 18.0. The molecule has 10 nitrogen and oxygen atoms in total. The number of esters is 1. The van der Waals surface area contributed by atoms with Gasteiger partial charge in [0.25, 0.3) is 11.6 Å². The van der Waals surface area contributed by atoms with Gasteiger partial charge in [0.15, 0.2) is 6.61 Å². The Bertz CT molecular complexity index is 1220. The maximum absolute atomic E-state index is 12.9. The predicted molar refractivity (Wildman–Crippen MR) is 126 cm³/mol. The van der Waals surface area contributed by atoms with Crippen LogP contribution in [0.1, 0.15) is 24.8 Å². The topological polar surface area (TPSA) is 136 Å². The summed E-state index contributed by atoms with van der Waals surface area (Å²) in [5.41, 5.74) is 0.0852. The van der Waals surface area contributed by atoms with Crippen LogP contribution < -0.4 is 5.32 Å². The first-order chi connectivity index (χ1) is 16.2. The van der Waals surface area contributed by atoms with Crippen molar-refractivity contribution in [3.8, 4) is 0 Å². The van der Waals surface area contributed by atoms with Crippen molar-refractivity contribution in [2.24, 2.45) is 0 Å². The number of hydrogen-bond donors (Lipinski definition) is 1. The number of hydrogen-bond acceptors (Lipinski definition) is 7. The SMILES string of the molecule is O=C(COC(=O)C=Cc1ccccc1[N+](=O)[O-])Nc1cc(S(=O)(=O)N2CCCCC2)ccc1Cl. The van der Waals surface area contributed by atoms with Crippen molar-refractivity contribution in [1.82, 2.24) is 4.31 Å². The molecule has 0 aromatic heterocycles. The van der Waals surface area contributed by atoms with Crippen molar-refractivity contribution < 1.29 is 27.7 Å². The van der Waals surface area contributed by atoms with E-state index < -0.39 is 33.4 Å². The van der Waals surface area contributed by atoms with Gasteiger partial charge in [-0.05, 0) is 43.2 Å². The van der Waals surface area contributed by atoms with E-state index in [1.807, 2.05) is 0 Å². The number of halogens is 1. The van der Waals surface area contributed by atoms with Gasteiger partial charge in [-0.15, -0.1) is 0 Å². The number of nitrogens with one attached hydrogen (secondary N) is 1. The summed E-state index contributed by atoms with van der Waals surface area (Å²) in [6.45, 7) is 0.198. The first-order valence-corrected chi connectivity index (χ1v) is 12.2. The second-order valence-corrected chi connectivity index (χ2v) is 9.76. The van der Waals surface area contributed by atoms with Gasteiger partial charge < -0.3 is 10.1 Å². The fourth-order valence-corrected chi connectivity index (χ4v) is 5.05. The Kier molecular flexibility index (Phi) is 8.37. The molecular weight excluding hydrogens is 486 g/mol. The summed E-state index contributed by atoms with van der Waals surface area (Å²) >= 11 is 6.10. The highest BCUT2D eigenvalue weighted by Crippen LogP contribution is 2.28. The summed E-state index contributed by atoms with van der Waals surface area (Å²) in [5.74, 6) is -1.62. The molecule has 12 heteroatoms. The van der Waals surface area contributed by atoms with E-state index in [1.54, 1.807) is 6.07 Å². The molecule has 1 heterocycles. The third-order valence-corrected chi connectivity index (χ3v) is 7.27. The van der Waals surface area contributed by atoms with Crippen LogP contribution in [0.25, 0.3) is 6.08 Å². The number of para-hydroxylation sites is 1. The Morgan fingerprint density at radius 3 is 2.56 bits per heavy atom. The average molecular weight is 508 g/mol. The van der Waals surface area contributed by atoms with Crippen molar-refractivity contribution in [1.29, 1.82) is 0 Å². The molecule has 0 aliphatic carbocycles. The van der Waals surface area contributed by atoms with Gasteiger partial charge in [-0.2, -0.15) is 4.31 Å². The first-order valence-electron chi connectivity index (χ1n) is 10.4. The van der Waals surface area contributed by atoms with Crippen molar-refractivity contribution in [3.05, 3.63) is 69.2 Å². The van der Waals surface area contributed by atoms with Crippen molar-refractivity contribution >= 4 is 51.0 Å². The maximum Gasteiger partial charge on any atom is 0.331 e. The van der Waals surface area contributed by atoms with Crippen LogP contribution in [-0.4, -0.2) is 49.2 Å². The minimum atomic E-state index is -3.73. The molecule has 2 aromatic carbocycles. The highest BCUT2D eigenvalue weighted by Gasteiger charge is 2.26. The Labute approximate surface area is 201 Å². The smallest absolute Gasteiger partial charge is 0.331 e. The lowest BCUT2D eigenvalue weighted by Crippen LogP contribution is -2.35. The third kappa shape index (κ3) is 6.40. The molecule has 1 aliphatic rings. The number of nitrogens with zero attached hydrogens (tertiary/aromatic N) is 2. The van der Waals surface area contributed by atoms with Crippen LogP contribution in [-0.2, 0) is 24.3 Å². The molecule has 0 bridgehead atoms. The lowest BCUT2D eigenvalue weighted by atomic mass is 10.1. The predicted octanol–water partition coefficient (Wildman–Crippen LogP) is 3.62. The van der Waals surface area contributed by atoms with Crippen LogP contribution in [0.4, 0.5) is 11.4 Å². The summed E-state index contributed by atoms with van der Waals surface area (Å²) in [5, 5.41) is 13.6. The standard InChI is InChI=1S/C22H22ClN3O7S/c23-18-10-9-17(34(31,32)25-12-4-1-5-13-25)14-19(18)24-21(27)15-33-22(28)11-8-16-6-2-3-7-20(16)26(29)30/h2-3,6-11,14H,1,4-5,12-13,15H2,(H,24,27). The molecule has 0 radical (unpaired) electrons. The molecule has 180 valence electrons. The molecular formula is C22H22ClN3O7S. The van der Waals surface area contributed by atoms with Crippen LogP contribution in [0, 0.1) is 10.1 Å². The Morgan fingerprint density at radius 2 is 1.85 bits per heavy atom. The van der Waals surface area contributed by atoms with Crippen LogP contribution in [0.15, 0.2) is 53.4 Å². The van der Waals surface area contributed by atoms with Crippen molar-refractivity contribution in [2.45, 2.75) is 24.2 Å². The van der Waals surface area contributed by atoms with E-state index in [1.165, 1.54) is 46.8 Å². The summed E-state index contributed by atoms with van der Waals surface area (Å²) in [7, 11) is -3.73. The number of nitro groups is 1. The molecule has 1 amide bonds. The summed E-state index contributed by atoms with van der Waals surface area (Å²) < 4.78 is 32.0. The van der Waals surface area contributed by atoms with Gasteiger partial charge in [0, 0.05) is 25.2 Å². The average Bonchev–Trinajstić information content (AvgIpc) is 2.83. The fraction of sp³-hybridized carbons (Fsp3) is 0.273. The van der Waals surface area contributed by atoms with E-state index in [4.69, 9.17) is 16.3 Å². The number of anilines is 1. The quantitative estimate of drug-likeness (QED) is 0.249. The van der Waals surface area contributed by atoms with E-state index in [0.717, 1.165) is 25.3 Å². The molecule has 34 heavy (non-hydrogen) atoms. The largest absolute Gasteiger partial charge is 0.452 e. The van der Waals surface area contributed by atoms with Gasteiger partial charge in [0.1, 0.15) is 0 Å². The number of ether oxygens (including phenoxy) is 1. The van der Waals surface area contributed by atoms with Crippen LogP contribution in [0.2, 0.25) is 5.02 Å². The van der Waals surface area contributed by atoms with E-state index in [-0.39, 0.29) is 26.9 Å². The Hall–Kier alpha value is -3.28. The number of carbonyl (C=O) groups excluding carboxylic acids is 2. The molecule has 3 rings (SSSR count). The molecule has 0 spiro atoms. The number of rotatable bonds is 8. The summed E-state index contributed by atoms with van der Waals surface area (Å²) in [6, 6.07) is 9.83. The van der Waals surface area contributed by atoms with Gasteiger partial charge in [0.2, 0.25) is 10.0 Å². The van der Waals surface area contributed by atoms with E-state index >= 15 is 0 Å². The molecule has 1 N–H and O–H groups in total. The highest BCUT2D eigenvalue weighted by molar-refractivity contribution is 7.89. The lowest BCUT2D eigenvalue weighted by molar-refractivity contribution is -0.385. The van der Waals surface area contributed by atoms with Crippen LogP contribution in [0.3, 0.4) is 0 Å². The summed E-state index contributed by atoms with van der Waals surface area (Å²) in [4.78, 5) is 34.6. The maximum atomic E-state index is 12.9. The number of piperidine rings is 1. The lowest BCUT2D eigenvalue weighted by Gasteiger charge is -2.26. The fourth-order valence-electron chi connectivity index (χ4n) is 3.34. The number of sulfonamides is 1. The molecule has 0 atom stereocenters. The first kappa shape index (κ1) is 25.3. The van der Waals surface area contributed by atoms with Crippen molar-refractivity contribution in [3.63, 3.8) is 0 Å². The highest BCUT2D eigenvalue weighted by atomic mass is 35.5.